The van der Waals surface area contributed by atoms with Gasteiger partial charge in [-0.15, -0.1) is 0 Å². The average molecular weight is 223 g/mol. The van der Waals surface area contributed by atoms with Crippen LogP contribution in [0.15, 0.2) is 36.6 Å². The second-order valence-electron chi connectivity index (χ2n) is 2.91. The Balaban J connectivity index is 0.00000106. The number of non-ortho nitro benzene ring substituents is 1. The topological polar surface area (TPSA) is 52.4 Å². The third-order valence-electron chi connectivity index (χ3n) is 1.63. The van der Waals surface area contributed by atoms with E-state index in [9.17, 15) is 10.1 Å². The molecule has 0 aliphatic carbocycles. The van der Waals surface area contributed by atoms with Crippen LogP contribution in [0.1, 0.15) is 26.3 Å². The molecule has 1 rings (SSSR count). The van der Waals surface area contributed by atoms with Crippen molar-refractivity contribution in [3.8, 4) is 0 Å². The van der Waals surface area contributed by atoms with Crippen molar-refractivity contribution < 1.29 is 9.66 Å². The average Bonchev–Trinajstić information content (AvgIpc) is 2.29. The van der Waals surface area contributed by atoms with Crippen LogP contribution in [0, 0.1) is 10.1 Å². The Labute approximate surface area is 95.7 Å². The van der Waals surface area contributed by atoms with E-state index in [1.807, 2.05) is 13.8 Å². The lowest BCUT2D eigenvalue weighted by Gasteiger charge is -2.03. The Bertz CT molecular complexity index is 344. The van der Waals surface area contributed by atoms with Gasteiger partial charge in [0.25, 0.3) is 5.69 Å². The predicted molar refractivity (Wildman–Crippen MR) is 64.0 cm³/mol. The van der Waals surface area contributed by atoms with Crippen LogP contribution >= 0.6 is 0 Å². The molecule has 4 heteroatoms. The van der Waals surface area contributed by atoms with Gasteiger partial charge in [-0.1, -0.05) is 20.4 Å². The van der Waals surface area contributed by atoms with Gasteiger partial charge in [0.1, 0.15) is 6.61 Å². The van der Waals surface area contributed by atoms with Gasteiger partial charge in [0.15, 0.2) is 0 Å². The molecule has 1 aromatic rings. The summed E-state index contributed by atoms with van der Waals surface area (Å²) in [5.74, 6) is 0.628. The van der Waals surface area contributed by atoms with Gasteiger partial charge in [-0.3, -0.25) is 10.1 Å². The van der Waals surface area contributed by atoms with Crippen molar-refractivity contribution in [2.45, 2.75) is 27.4 Å². The number of nitro groups is 1. The molecule has 0 spiro atoms. The first-order chi connectivity index (χ1) is 7.59. The zero-order chi connectivity index (χ0) is 12.6. The molecule has 1 aromatic carbocycles. The highest BCUT2D eigenvalue weighted by molar-refractivity contribution is 5.32. The third-order valence-corrected chi connectivity index (χ3v) is 1.63. The molecule has 88 valence electrons. The van der Waals surface area contributed by atoms with E-state index >= 15 is 0 Å². The minimum absolute atomic E-state index is 0.0871. The molecule has 0 unspecified atom stereocenters. The summed E-state index contributed by atoms with van der Waals surface area (Å²) in [6, 6.07) is 6.25. The number of ether oxygens (including phenoxy) is 1. The minimum Gasteiger partial charge on any atom is -0.494 e. The number of allylic oxidation sites excluding steroid dienone is 1. The monoisotopic (exact) mass is 223 g/mol. The van der Waals surface area contributed by atoms with Crippen LogP contribution in [0.25, 0.3) is 0 Å². The second-order valence-corrected chi connectivity index (χ2v) is 2.91. The maximum atomic E-state index is 10.3. The van der Waals surface area contributed by atoms with E-state index in [2.05, 4.69) is 6.58 Å². The van der Waals surface area contributed by atoms with Crippen LogP contribution in [0.3, 0.4) is 0 Å². The van der Waals surface area contributed by atoms with Crippen molar-refractivity contribution in [2.75, 3.05) is 0 Å². The summed E-state index contributed by atoms with van der Waals surface area (Å²) in [5, 5.41) is 10.3. The number of hydrogen-bond donors (Lipinski definition) is 0. The van der Waals surface area contributed by atoms with E-state index in [-0.39, 0.29) is 5.69 Å². The molecule has 16 heavy (non-hydrogen) atoms. The van der Waals surface area contributed by atoms with E-state index < -0.39 is 4.92 Å². The highest BCUT2D eigenvalue weighted by atomic mass is 16.6. The van der Waals surface area contributed by atoms with Gasteiger partial charge in [-0.25, -0.2) is 0 Å². The van der Waals surface area contributed by atoms with Crippen molar-refractivity contribution in [1.29, 1.82) is 0 Å². The number of nitrogens with zero attached hydrogens (tertiary/aromatic N) is 1. The van der Waals surface area contributed by atoms with Crippen molar-refractivity contribution in [2.24, 2.45) is 0 Å². The number of rotatable bonds is 4. The Morgan fingerprint density at radius 3 is 2.25 bits per heavy atom. The second kappa shape index (κ2) is 7.45. The summed E-state index contributed by atoms with van der Waals surface area (Å²) in [4.78, 5) is 9.91. The molecule has 0 aromatic heterocycles. The molecule has 0 saturated carbocycles. The molecular formula is C12H17NO3. The number of nitro benzene ring substituents is 1. The van der Waals surface area contributed by atoms with Crippen LogP contribution in [-0.4, -0.2) is 4.92 Å². The fraction of sp³-hybridized carbons (Fsp3) is 0.333. The quantitative estimate of drug-likeness (QED) is 0.444. The molecular weight excluding hydrogens is 206 g/mol. The van der Waals surface area contributed by atoms with Gasteiger partial charge in [-0.2, -0.15) is 0 Å². The smallest absolute Gasteiger partial charge is 0.269 e. The van der Waals surface area contributed by atoms with E-state index in [1.165, 1.54) is 12.1 Å². The summed E-state index contributed by atoms with van der Waals surface area (Å²) in [6.07, 6.45) is 0. The molecule has 0 heterocycles. The Hall–Kier alpha value is -1.84. The van der Waals surface area contributed by atoms with Crippen LogP contribution in [-0.2, 0) is 11.3 Å². The van der Waals surface area contributed by atoms with Gasteiger partial charge in [-0.05, 0) is 24.6 Å². The molecule has 0 amide bonds. The summed E-state index contributed by atoms with van der Waals surface area (Å²) in [7, 11) is 0. The fourth-order valence-corrected chi connectivity index (χ4v) is 0.920. The first-order valence-electron chi connectivity index (χ1n) is 5.11. The van der Waals surface area contributed by atoms with Gasteiger partial charge in [0.05, 0.1) is 10.7 Å². The fourth-order valence-electron chi connectivity index (χ4n) is 0.920. The van der Waals surface area contributed by atoms with Gasteiger partial charge in [0.2, 0.25) is 0 Å². The van der Waals surface area contributed by atoms with Crippen LogP contribution in [0.2, 0.25) is 0 Å². The third kappa shape index (κ3) is 5.14. The molecule has 0 bridgehead atoms. The normalized spacial score (nSPS) is 8.69. The lowest BCUT2D eigenvalue weighted by Crippen LogP contribution is -1.91. The maximum absolute atomic E-state index is 10.3. The van der Waals surface area contributed by atoms with E-state index in [1.54, 1.807) is 19.1 Å². The zero-order valence-corrected chi connectivity index (χ0v) is 9.90. The van der Waals surface area contributed by atoms with Gasteiger partial charge in [0, 0.05) is 12.1 Å². The highest BCUT2D eigenvalue weighted by Gasteiger charge is 2.03. The first kappa shape index (κ1) is 14.2. The lowest BCUT2D eigenvalue weighted by atomic mass is 10.2. The Kier molecular flexibility index (Phi) is 6.59. The molecule has 0 aliphatic heterocycles. The van der Waals surface area contributed by atoms with Crippen LogP contribution < -0.4 is 0 Å². The largest absolute Gasteiger partial charge is 0.494 e. The van der Waals surface area contributed by atoms with E-state index in [0.29, 0.717) is 12.4 Å². The maximum Gasteiger partial charge on any atom is 0.269 e. The standard InChI is InChI=1S/C10H11NO3.C2H6/c1-8(2)14-7-9-3-5-10(6-4-9)11(12)13;1-2/h3-6H,1,7H2,2H3;1-2H3. The molecule has 0 atom stereocenters. The van der Waals surface area contributed by atoms with Crippen molar-refractivity contribution in [3.05, 3.63) is 52.3 Å². The SMILES string of the molecule is C=C(C)OCc1ccc([N+](=O)[O-])cc1.CC. The molecule has 0 fully saturated rings. The van der Waals surface area contributed by atoms with Crippen LogP contribution in [0.4, 0.5) is 5.69 Å². The Morgan fingerprint density at radius 1 is 1.38 bits per heavy atom. The van der Waals surface area contributed by atoms with E-state index in [4.69, 9.17) is 4.74 Å². The van der Waals surface area contributed by atoms with Gasteiger partial charge < -0.3 is 4.74 Å². The van der Waals surface area contributed by atoms with E-state index in [0.717, 1.165) is 5.56 Å². The van der Waals surface area contributed by atoms with Crippen molar-refractivity contribution in [3.63, 3.8) is 0 Å². The zero-order valence-electron chi connectivity index (χ0n) is 9.90. The summed E-state index contributed by atoms with van der Waals surface area (Å²) < 4.78 is 5.16. The highest BCUT2D eigenvalue weighted by Crippen LogP contribution is 2.13. The van der Waals surface area contributed by atoms with Crippen molar-refractivity contribution in [1.82, 2.24) is 0 Å². The summed E-state index contributed by atoms with van der Waals surface area (Å²) in [5.41, 5.74) is 0.975. The molecule has 0 aliphatic rings. The predicted octanol–water partition coefficient (Wildman–Crippen LogP) is 3.67. The molecule has 4 nitrogen and oxygen atoms in total. The Morgan fingerprint density at radius 2 is 1.88 bits per heavy atom. The number of benzene rings is 1. The molecule has 0 N–H and O–H groups in total. The van der Waals surface area contributed by atoms with Gasteiger partial charge >= 0.3 is 0 Å². The number of hydrogen-bond acceptors (Lipinski definition) is 3. The molecule has 0 saturated heterocycles. The first-order valence-corrected chi connectivity index (χ1v) is 5.11. The molecule has 0 radical (unpaired) electrons. The summed E-state index contributed by atoms with van der Waals surface area (Å²) in [6.45, 7) is 9.74. The van der Waals surface area contributed by atoms with Crippen molar-refractivity contribution >= 4 is 5.69 Å². The lowest BCUT2D eigenvalue weighted by molar-refractivity contribution is -0.384. The van der Waals surface area contributed by atoms with Crippen LogP contribution in [0.5, 0.6) is 0 Å². The minimum atomic E-state index is -0.427. The summed E-state index contributed by atoms with van der Waals surface area (Å²) >= 11 is 0.